The molecule has 3 heterocycles. The average Bonchev–Trinajstić information content (AvgIpc) is 3.20. The Bertz CT molecular complexity index is 1560. The lowest BCUT2D eigenvalue weighted by Gasteiger charge is -2.21. The first-order chi connectivity index (χ1) is 20.1. The van der Waals surface area contributed by atoms with Crippen LogP contribution >= 0.6 is 0 Å². The van der Waals surface area contributed by atoms with Crippen LogP contribution in [0.25, 0.3) is 10.9 Å². The molecule has 2 amide bonds. The SMILES string of the molecule is COc1ccc(C2=NN(CCCCOc3ccc(C4=NNC(=O)CC4C)cc3)C(=O)C2(C)C)c2ccc(C(C)C)nc12. The molecule has 9 nitrogen and oxygen atoms in total. The third-order valence-corrected chi connectivity index (χ3v) is 7.93. The molecule has 0 radical (unpaired) electrons. The molecule has 0 aliphatic carbocycles. The highest BCUT2D eigenvalue weighted by Crippen LogP contribution is 2.37. The normalized spacial score (nSPS) is 18.3. The third kappa shape index (κ3) is 5.73. The van der Waals surface area contributed by atoms with Crippen molar-refractivity contribution in [2.45, 2.75) is 59.8 Å². The van der Waals surface area contributed by atoms with Crippen molar-refractivity contribution in [3.63, 3.8) is 0 Å². The van der Waals surface area contributed by atoms with E-state index in [0.717, 1.165) is 57.7 Å². The van der Waals surface area contributed by atoms with Crippen molar-refractivity contribution in [1.29, 1.82) is 0 Å². The minimum absolute atomic E-state index is 0.0132. The summed E-state index contributed by atoms with van der Waals surface area (Å²) >= 11 is 0. The predicted molar refractivity (Wildman–Crippen MR) is 164 cm³/mol. The molecule has 2 aromatic carbocycles. The molecule has 3 aromatic rings. The average molecular weight is 570 g/mol. The molecule has 0 saturated carbocycles. The summed E-state index contributed by atoms with van der Waals surface area (Å²) < 4.78 is 11.6. The zero-order valence-electron chi connectivity index (χ0n) is 25.2. The number of aromatic nitrogens is 1. The van der Waals surface area contributed by atoms with Crippen LogP contribution in [0.1, 0.15) is 76.6 Å². The molecule has 2 aliphatic rings. The number of amides is 2. The van der Waals surface area contributed by atoms with E-state index in [1.54, 1.807) is 12.1 Å². The van der Waals surface area contributed by atoms with Gasteiger partial charge in [-0.05, 0) is 80.6 Å². The zero-order valence-corrected chi connectivity index (χ0v) is 25.2. The fourth-order valence-corrected chi connectivity index (χ4v) is 5.43. The van der Waals surface area contributed by atoms with E-state index in [9.17, 15) is 9.59 Å². The quantitative estimate of drug-likeness (QED) is 0.317. The first kappa shape index (κ1) is 29.2. The van der Waals surface area contributed by atoms with E-state index in [0.29, 0.717) is 25.3 Å². The van der Waals surface area contributed by atoms with Crippen molar-refractivity contribution in [2.24, 2.45) is 21.5 Å². The lowest BCUT2D eigenvalue weighted by molar-refractivity contribution is -0.135. The number of ether oxygens (including phenoxy) is 2. The van der Waals surface area contributed by atoms with Crippen molar-refractivity contribution < 1.29 is 19.1 Å². The number of rotatable bonds is 10. The Balaban J connectivity index is 1.22. The van der Waals surface area contributed by atoms with Crippen LogP contribution in [0.5, 0.6) is 11.5 Å². The first-order valence-electron chi connectivity index (χ1n) is 14.6. The minimum atomic E-state index is -0.764. The van der Waals surface area contributed by atoms with Crippen LogP contribution in [0.2, 0.25) is 0 Å². The summed E-state index contributed by atoms with van der Waals surface area (Å²) in [6.07, 6.45) is 1.97. The topological polar surface area (TPSA) is 105 Å². The number of hydrazone groups is 2. The van der Waals surface area contributed by atoms with Gasteiger partial charge >= 0.3 is 0 Å². The van der Waals surface area contributed by atoms with E-state index in [1.165, 1.54) is 0 Å². The summed E-state index contributed by atoms with van der Waals surface area (Å²) in [7, 11) is 1.65. The van der Waals surface area contributed by atoms with Gasteiger partial charge in [-0.15, -0.1) is 0 Å². The molecule has 0 spiro atoms. The molecule has 0 fully saturated rings. The highest BCUT2D eigenvalue weighted by molar-refractivity contribution is 6.23. The molecule has 1 atom stereocenters. The Morgan fingerprint density at radius 3 is 2.50 bits per heavy atom. The van der Waals surface area contributed by atoms with Gasteiger partial charge in [-0.3, -0.25) is 9.59 Å². The molecule has 2 aliphatic heterocycles. The van der Waals surface area contributed by atoms with Crippen LogP contribution in [0.3, 0.4) is 0 Å². The molecule has 1 unspecified atom stereocenters. The van der Waals surface area contributed by atoms with Crippen LogP contribution in [0.4, 0.5) is 0 Å². The number of hydrogen-bond donors (Lipinski definition) is 1. The van der Waals surface area contributed by atoms with Gasteiger partial charge in [0.25, 0.3) is 5.91 Å². The highest BCUT2D eigenvalue weighted by Gasteiger charge is 2.44. The number of carbonyl (C=O) groups is 2. The Hall–Kier alpha value is -4.27. The Labute approximate surface area is 247 Å². The number of unbranched alkanes of at least 4 members (excludes halogenated alkanes) is 1. The molecule has 42 heavy (non-hydrogen) atoms. The van der Waals surface area contributed by atoms with Crippen molar-refractivity contribution in [3.05, 3.63) is 65.4 Å². The van der Waals surface area contributed by atoms with E-state index in [-0.39, 0.29) is 23.7 Å². The summed E-state index contributed by atoms with van der Waals surface area (Å²) in [6, 6.07) is 15.8. The molecule has 1 aromatic heterocycles. The van der Waals surface area contributed by atoms with Crippen LogP contribution in [-0.4, -0.2) is 53.5 Å². The second-order valence-corrected chi connectivity index (χ2v) is 11.8. The largest absolute Gasteiger partial charge is 0.494 e. The lowest BCUT2D eigenvalue weighted by Crippen LogP contribution is -2.35. The van der Waals surface area contributed by atoms with E-state index in [1.807, 2.05) is 63.2 Å². The summed E-state index contributed by atoms with van der Waals surface area (Å²) in [5.74, 6) is 1.77. The van der Waals surface area contributed by atoms with Gasteiger partial charge in [-0.25, -0.2) is 15.4 Å². The van der Waals surface area contributed by atoms with Gasteiger partial charge in [0.15, 0.2) is 0 Å². The van der Waals surface area contributed by atoms with Gasteiger partial charge in [0.05, 0.1) is 30.6 Å². The van der Waals surface area contributed by atoms with Crippen molar-refractivity contribution in [3.8, 4) is 11.5 Å². The summed E-state index contributed by atoms with van der Waals surface area (Å²) in [6.45, 7) is 11.1. The molecule has 0 saturated heterocycles. The lowest BCUT2D eigenvalue weighted by atomic mass is 9.82. The van der Waals surface area contributed by atoms with Crippen molar-refractivity contribution >= 4 is 34.1 Å². The third-order valence-electron chi connectivity index (χ3n) is 7.93. The molecule has 1 N–H and O–H groups in total. The van der Waals surface area contributed by atoms with Crippen LogP contribution in [-0.2, 0) is 9.59 Å². The molecular formula is C33H39N5O4. The molecular weight excluding hydrogens is 530 g/mol. The maximum absolute atomic E-state index is 13.4. The van der Waals surface area contributed by atoms with Gasteiger partial charge in [0, 0.05) is 35.5 Å². The highest BCUT2D eigenvalue weighted by atomic mass is 16.5. The smallest absolute Gasteiger partial charge is 0.254 e. The fraction of sp³-hybridized carbons (Fsp3) is 0.424. The van der Waals surface area contributed by atoms with Gasteiger partial charge in [0.1, 0.15) is 17.0 Å². The van der Waals surface area contributed by atoms with E-state index in [4.69, 9.17) is 19.6 Å². The number of pyridine rings is 1. The summed E-state index contributed by atoms with van der Waals surface area (Å²) in [5.41, 5.74) is 7.05. The molecule has 0 bridgehead atoms. The maximum atomic E-state index is 13.4. The summed E-state index contributed by atoms with van der Waals surface area (Å²) in [4.78, 5) is 29.8. The van der Waals surface area contributed by atoms with Crippen molar-refractivity contribution in [1.82, 2.24) is 15.4 Å². The molecule has 220 valence electrons. The number of nitrogens with one attached hydrogen (secondary N) is 1. The Morgan fingerprint density at radius 2 is 1.81 bits per heavy atom. The van der Waals surface area contributed by atoms with E-state index < -0.39 is 5.41 Å². The number of carbonyl (C=O) groups excluding carboxylic acids is 2. The number of benzene rings is 2. The zero-order chi connectivity index (χ0) is 30.0. The van der Waals surface area contributed by atoms with E-state index >= 15 is 0 Å². The van der Waals surface area contributed by atoms with Crippen molar-refractivity contribution in [2.75, 3.05) is 20.3 Å². The van der Waals surface area contributed by atoms with Crippen LogP contribution in [0, 0.1) is 11.3 Å². The minimum Gasteiger partial charge on any atom is -0.494 e. The Morgan fingerprint density at radius 1 is 1.05 bits per heavy atom. The summed E-state index contributed by atoms with van der Waals surface area (Å²) in [5, 5.41) is 11.6. The van der Waals surface area contributed by atoms with Gasteiger partial charge in [-0.1, -0.05) is 26.8 Å². The number of methoxy groups -OCH3 is 1. The second kappa shape index (κ2) is 11.9. The molecule has 9 heteroatoms. The van der Waals surface area contributed by atoms with Gasteiger partial charge < -0.3 is 9.47 Å². The standard InChI is InChI=1S/C33H39N5O4/c1-20(2)26-15-13-24-25(14-16-27(41-6)30(24)34-26)31-33(4,5)32(40)38(37-31)17-7-8-18-42-23-11-9-22(10-12-23)29-21(3)19-28(39)35-36-29/h9-16,20-21H,7-8,17-19H2,1-6H3,(H,35,39). The number of nitrogens with zero attached hydrogens (tertiary/aromatic N) is 4. The van der Waals surface area contributed by atoms with Gasteiger partial charge in [-0.2, -0.15) is 10.2 Å². The monoisotopic (exact) mass is 569 g/mol. The number of hydrogen-bond acceptors (Lipinski definition) is 7. The molecule has 5 rings (SSSR count). The van der Waals surface area contributed by atoms with Crippen LogP contribution < -0.4 is 14.9 Å². The second-order valence-electron chi connectivity index (χ2n) is 11.8. The Kier molecular flexibility index (Phi) is 8.29. The maximum Gasteiger partial charge on any atom is 0.254 e. The van der Waals surface area contributed by atoms with E-state index in [2.05, 4.69) is 30.4 Å². The first-order valence-corrected chi connectivity index (χ1v) is 14.6. The van der Waals surface area contributed by atoms with Crippen LogP contribution in [0.15, 0.2) is 58.7 Å². The fourth-order valence-electron chi connectivity index (χ4n) is 5.43. The van der Waals surface area contributed by atoms with Gasteiger partial charge in [0.2, 0.25) is 5.91 Å². The number of fused-ring (bicyclic) bond motifs is 1. The predicted octanol–water partition coefficient (Wildman–Crippen LogP) is 5.66.